The molecule has 0 unspecified atom stereocenters. The van der Waals surface area contributed by atoms with Gasteiger partial charge in [0.2, 0.25) is 11.9 Å². The molecule has 2 N–H and O–H groups in total. The number of aliphatic imine (C=N–C) groups is 3. The van der Waals surface area contributed by atoms with Crippen molar-refractivity contribution in [2.45, 2.75) is 180 Å². The zero-order valence-electron chi connectivity index (χ0n) is 80.0. The molecule has 0 radical (unpaired) electrons. The normalized spacial score (nSPS) is 19.7. The van der Waals surface area contributed by atoms with Crippen LogP contribution in [0.1, 0.15) is 192 Å². The first kappa shape index (κ1) is 96.7. The lowest BCUT2D eigenvalue weighted by Crippen LogP contribution is -2.44. The molecule has 38 nitrogen and oxygen atoms in total. The molecule has 147 heavy (non-hydrogen) atoms. The molecule has 6 aliphatic heterocycles. The smallest absolute Gasteiger partial charge is 0.425 e. The third kappa shape index (κ3) is 18.4. The number of amides is 4. The van der Waals surface area contributed by atoms with E-state index in [9.17, 15) is 33.6 Å². The van der Waals surface area contributed by atoms with Crippen LogP contribution in [0, 0.1) is 17.8 Å². The van der Waals surface area contributed by atoms with Crippen molar-refractivity contribution in [3.8, 4) is 50.8 Å². The van der Waals surface area contributed by atoms with Crippen LogP contribution in [0.15, 0.2) is 207 Å². The number of hydrogen-bond donors (Lipinski definition) is 1. The molecular formula is C101H84Cl6F2N24O14. The first-order valence-electron chi connectivity index (χ1n) is 46.6. The van der Waals surface area contributed by atoms with E-state index < -0.39 is 64.7 Å². The first-order chi connectivity index (χ1) is 69.8. The van der Waals surface area contributed by atoms with Gasteiger partial charge in [-0.05, 0) is 233 Å². The van der Waals surface area contributed by atoms with E-state index in [1.54, 1.807) is 225 Å². The summed E-state index contributed by atoms with van der Waals surface area (Å²) in [4.78, 5) is 124. The van der Waals surface area contributed by atoms with Crippen LogP contribution >= 0.6 is 69.6 Å². The molecule has 9 aromatic heterocycles. The Hall–Kier alpha value is -15.1. The third-order valence-electron chi connectivity index (χ3n) is 26.0. The molecular weight excluding hydrogens is 2020 g/mol. The zero-order chi connectivity index (χ0) is 103. The van der Waals surface area contributed by atoms with Crippen molar-refractivity contribution in [2.24, 2.45) is 32.7 Å². The van der Waals surface area contributed by atoms with Crippen LogP contribution in [0.25, 0.3) is 100 Å². The van der Waals surface area contributed by atoms with Gasteiger partial charge in [0.1, 0.15) is 39.9 Å². The van der Waals surface area contributed by atoms with Crippen LogP contribution in [0.2, 0.25) is 30.5 Å². The molecule has 3 aliphatic carbocycles. The predicted octanol–water partition coefficient (Wildman–Crippen LogP) is 22.0. The van der Waals surface area contributed by atoms with Gasteiger partial charge in [-0.25, -0.2) is 58.2 Å². The lowest BCUT2D eigenvalue weighted by molar-refractivity contribution is 0.0406. The molecule has 3 saturated carbocycles. The molecule has 0 spiro atoms. The Morgan fingerprint density at radius 2 is 0.735 bits per heavy atom. The van der Waals surface area contributed by atoms with Crippen LogP contribution in [0.3, 0.4) is 0 Å². The van der Waals surface area contributed by atoms with Gasteiger partial charge >= 0.3 is 24.4 Å². The average molecular weight is 2110 g/mol. The fourth-order valence-electron chi connectivity index (χ4n) is 19.7. The number of nitrogens with zero attached hydrogens (tertiary/aromatic N) is 23. The van der Waals surface area contributed by atoms with E-state index in [1.807, 2.05) is 6.07 Å². The number of imide groups is 2. The van der Waals surface area contributed by atoms with E-state index >= 15 is 8.78 Å². The van der Waals surface area contributed by atoms with Gasteiger partial charge in [0.25, 0.3) is 16.7 Å². The maximum Gasteiger partial charge on any atom is 0.425 e. The lowest BCUT2D eigenvalue weighted by atomic mass is 9.97. The number of aromatic nitrogens is 18. The van der Waals surface area contributed by atoms with E-state index in [2.05, 4.69) is 56.4 Å². The van der Waals surface area contributed by atoms with Crippen LogP contribution < -0.4 is 32.2 Å². The summed E-state index contributed by atoms with van der Waals surface area (Å²) in [6.45, 7) is 20.2. The minimum absolute atomic E-state index is 0.00256. The Labute approximate surface area is 861 Å². The molecule has 4 amide bonds. The number of carbonyl (C=O) groups excluding carboxylic acids is 4. The topological polar surface area (TPSA) is 450 Å². The van der Waals surface area contributed by atoms with Gasteiger partial charge in [0.15, 0.2) is 49.7 Å². The number of allylic oxidation sites excluding steroid dienone is 3. The number of fused-ring (bicyclic) bond motifs is 12. The number of halogens is 8. The summed E-state index contributed by atoms with van der Waals surface area (Å²) in [7, 11) is 0. The highest BCUT2D eigenvalue weighted by Crippen LogP contribution is 2.63. The highest BCUT2D eigenvalue weighted by Gasteiger charge is 2.59. The van der Waals surface area contributed by atoms with Crippen LogP contribution in [0.4, 0.5) is 45.4 Å². The Kier molecular flexibility index (Phi) is 23.6. The van der Waals surface area contributed by atoms with Crippen molar-refractivity contribution < 1.29 is 60.5 Å². The molecule has 9 aliphatic rings. The second-order valence-electron chi connectivity index (χ2n) is 40.8. The first-order valence-corrected chi connectivity index (χ1v) is 48.8. The number of anilines is 3. The summed E-state index contributed by atoms with van der Waals surface area (Å²) >= 11 is 37.1. The molecule has 24 rings (SSSR count). The Morgan fingerprint density at radius 1 is 0.408 bits per heavy atom. The predicted molar refractivity (Wildman–Crippen MR) is 543 cm³/mol. The van der Waals surface area contributed by atoms with Crippen molar-refractivity contribution in [2.75, 3.05) is 15.5 Å². The fourth-order valence-corrected chi connectivity index (χ4v) is 20.6. The van der Waals surface area contributed by atoms with Gasteiger partial charge in [-0.1, -0.05) is 119 Å². The number of carbonyl (C=O) groups is 4. The summed E-state index contributed by atoms with van der Waals surface area (Å²) in [6.07, 6.45) is 6.02. The Balaban J connectivity index is 0.000000127. The summed E-state index contributed by atoms with van der Waals surface area (Å²) < 4.78 is 79.0. The maximum atomic E-state index is 15.8. The quantitative estimate of drug-likeness (QED) is 0.0780. The van der Waals surface area contributed by atoms with Crippen molar-refractivity contribution in [3.05, 3.63) is 260 Å². The monoisotopic (exact) mass is 2100 g/mol. The van der Waals surface area contributed by atoms with Crippen molar-refractivity contribution >= 4 is 178 Å². The van der Waals surface area contributed by atoms with Crippen molar-refractivity contribution in [3.63, 3.8) is 0 Å². The van der Waals surface area contributed by atoms with E-state index in [-0.39, 0.29) is 116 Å². The summed E-state index contributed by atoms with van der Waals surface area (Å²) in [6, 6.07) is 34.3. The van der Waals surface area contributed by atoms with Crippen molar-refractivity contribution in [1.29, 1.82) is 0 Å². The SMILES string of the molecule is CC(C)(C)OC(=O)N(C(=O)OC(C)(C)C)c1noc2cc(C3=C(F)N=C([C@@H]4[C@H]5C[C@H]5c5nc(-c6cc(Cl)ccc6-n6cc(Cl)nn6)cc(=O)n54)C3)ccc12.CC(C)(C)OC(=O)N(C(=O)OC(C)(C)C)c1noc2cc(C3=CN=C([C@@H]4[C@H]5C[C@H]5c5nc(-c6cc(Cl)ccc6-n6cc(Cl)nn6)cc(=O)n54)C3)ccc12.Nc1noc2cc(C3=C(F)N=C([C@@H]4[C@H]5C[C@H]5c5nc(-c6cc(Cl)ccc6-n6cc(Cl)nn6)cc(=O)n54)C3)ccc12. The number of hydrogen-bond acceptors (Lipinski definition) is 30. The summed E-state index contributed by atoms with van der Waals surface area (Å²) in [5, 5.41) is 39.1. The maximum absolute atomic E-state index is 15.8. The molecule has 6 aromatic carbocycles. The molecule has 15 heterocycles. The molecule has 46 heteroatoms. The van der Waals surface area contributed by atoms with Gasteiger partial charge in [-0.3, -0.25) is 33.1 Å². The van der Waals surface area contributed by atoms with Crippen molar-refractivity contribution in [1.82, 2.24) is 89.1 Å². The third-order valence-corrected chi connectivity index (χ3v) is 27.2. The number of ether oxygens (including phenoxy) is 4. The highest BCUT2D eigenvalue weighted by atomic mass is 35.5. The molecule has 0 bridgehead atoms. The fraction of sp³-hybridized carbons (Fsp3) is 0.307. The molecule has 15 aromatic rings. The lowest BCUT2D eigenvalue weighted by Gasteiger charge is -2.27. The number of rotatable bonds is 14. The van der Waals surface area contributed by atoms with Crippen LogP contribution in [0.5, 0.6) is 0 Å². The minimum atomic E-state index is -1.00. The number of nitrogen functional groups attached to an aromatic ring is 1. The summed E-state index contributed by atoms with van der Waals surface area (Å²) in [5.74, 6) is 1.41. The second-order valence-corrected chi connectivity index (χ2v) is 43.2. The molecule has 9 atom stereocenters. The summed E-state index contributed by atoms with van der Waals surface area (Å²) in [5.41, 5.74) is 13.0. The number of nitrogens with two attached hydrogens (primary N) is 1. The van der Waals surface area contributed by atoms with Crippen LogP contribution in [-0.2, 0) is 18.9 Å². The van der Waals surface area contributed by atoms with Gasteiger partial charge in [0, 0.05) is 121 Å². The second kappa shape index (κ2) is 35.9. The highest BCUT2D eigenvalue weighted by molar-refractivity contribution is 6.32. The van der Waals surface area contributed by atoms with Gasteiger partial charge < -0.3 is 38.3 Å². The molecule has 748 valence electrons. The molecule has 0 saturated heterocycles. The van der Waals surface area contributed by atoms with E-state index in [4.69, 9.17) is 128 Å². The van der Waals surface area contributed by atoms with Gasteiger partial charge in [-0.15, -0.1) is 15.3 Å². The Morgan fingerprint density at radius 3 is 1.08 bits per heavy atom. The Bertz CT molecular complexity index is 8510. The number of benzene rings is 6. The van der Waals surface area contributed by atoms with E-state index in [1.165, 1.54) is 32.2 Å². The largest absolute Gasteiger partial charge is 0.443 e. The van der Waals surface area contributed by atoms with Gasteiger partial charge in [0.05, 0.1) is 87.0 Å². The van der Waals surface area contributed by atoms with Gasteiger partial charge in [-0.2, -0.15) is 18.6 Å². The van der Waals surface area contributed by atoms with E-state index in [0.717, 1.165) is 46.8 Å². The molecule has 3 fully saturated rings. The minimum Gasteiger partial charge on any atom is -0.443 e. The van der Waals surface area contributed by atoms with E-state index in [0.29, 0.717) is 150 Å². The average Bonchev–Trinajstić information content (AvgIpc) is 1.55. The van der Waals surface area contributed by atoms with Crippen LogP contribution in [-0.4, -0.2) is 153 Å². The zero-order valence-corrected chi connectivity index (χ0v) is 84.5. The standard InChI is InChI=1S/C37H33Cl2FN8O6.C37H34Cl2N8O6.C27H17Cl2FN8O2/c1-36(2,3)52-34(50)48(35(51)53-37(4,5)6)33-19-9-7-17(11-27(19)54-44-33)20-14-25(41-31(20)40)30-21-13-22(21)32-42-24(15-29(49)47(30)32)23-12-18(38)8-10-26(23)46-16-28(39)43-45-46;1-36(2,3)51-34(49)47(35(50)52-37(4,5)6)33-21-9-7-18(12-28(21)53-43-33)19-11-26(40-16-19)31-22-14-23(22)32-41-25(15-30(48)46(31)32)24-13-20(38)8-10-27(24)45-17-29(39)42-44-45;28-12-2-4-20(37-10-22(29)34-36-37)17(6-12)18-9-23(39)38-24(15-7-16(15)27(38)33-18)19-8-14(25(30)32-19)11-1-3-13-21(5-11)40-35-26(13)31/h7-12,15-16,21-22,30H,13-14H2,1-6H3;7-10,12-13,15-17,22-23,31H,11,14H2,1-6H3;1-6,9-10,15-16,24H,7-8H2,(H2,31,35)/t21-,22+,30-;22-,23+,31-;15-,16+,24-/m000/s1.